The van der Waals surface area contributed by atoms with Crippen molar-refractivity contribution in [2.24, 2.45) is 5.73 Å². The molecule has 3 N–H and O–H groups in total. The summed E-state index contributed by atoms with van der Waals surface area (Å²) < 4.78 is 5.61. The summed E-state index contributed by atoms with van der Waals surface area (Å²) in [6.45, 7) is -0.134. The Morgan fingerprint density at radius 3 is 3.07 bits per heavy atom. The number of hydrogen-bond donors (Lipinski definition) is 2. The molecule has 76 valence electrons. The molecule has 0 aliphatic heterocycles. The van der Waals surface area contributed by atoms with E-state index < -0.39 is 12.0 Å². The minimum Gasteiger partial charge on any atom is -0.480 e. The van der Waals surface area contributed by atoms with E-state index in [1.807, 2.05) is 0 Å². The molecule has 0 amide bonds. The Hall–Kier alpha value is -1.21. The molecule has 0 fully saturated rings. The normalized spacial score (nSPS) is 12.1. The molecule has 6 nitrogen and oxygen atoms in total. The summed E-state index contributed by atoms with van der Waals surface area (Å²) in [5.41, 5.74) is 5.23. The lowest BCUT2D eigenvalue weighted by atomic mass is 10.3. The third-order valence-electron chi connectivity index (χ3n) is 1.35. The Kier molecular flexibility index (Phi) is 3.78. The van der Waals surface area contributed by atoms with Crippen molar-refractivity contribution in [1.82, 2.24) is 9.97 Å². The highest BCUT2D eigenvalue weighted by atomic mass is 79.9. The first-order valence-corrected chi connectivity index (χ1v) is 4.47. The second-order valence-electron chi connectivity index (χ2n) is 2.43. The number of ether oxygens (including phenoxy) is 1. The van der Waals surface area contributed by atoms with E-state index in [9.17, 15) is 4.79 Å². The number of carbonyl (C=O) groups is 1. The summed E-state index contributed by atoms with van der Waals surface area (Å²) in [4.78, 5) is 17.9. The molecule has 1 aromatic heterocycles. The second kappa shape index (κ2) is 4.87. The van der Waals surface area contributed by atoms with E-state index in [0.717, 1.165) is 0 Å². The van der Waals surface area contributed by atoms with Gasteiger partial charge < -0.3 is 15.6 Å². The van der Waals surface area contributed by atoms with Crippen molar-refractivity contribution in [3.8, 4) is 5.88 Å². The van der Waals surface area contributed by atoms with Crippen LogP contribution in [0.4, 0.5) is 0 Å². The van der Waals surface area contributed by atoms with Gasteiger partial charge in [-0.25, -0.2) is 9.97 Å². The Morgan fingerprint density at radius 1 is 1.79 bits per heavy atom. The predicted molar refractivity (Wildman–Crippen MR) is 50.8 cm³/mol. The Morgan fingerprint density at radius 2 is 2.50 bits per heavy atom. The third kappa shape index (κ3) is 2.93. The van der Waals surface area contributed by atoms with Gasteiger partial charge in [0, 0.05) is 6.20 Å². The number of hydrogen-bond acceptors (Lipinski definition) is 5. The van der Waals surface area contributed by atoms with Crippen LogP contribution in [0.5, 0.6) is 5.88 Å². The number of carboxylic acid groups (broad SMARTS) is 1. The molecule has 0 aliphatic rings. The maximum absolute atomic E-state index is 10.4. The first kappa shape index (κ1) is 10.9. The van der Waals surface area contributed by atoms with Gasteiger partial charge in [-0.2, -0.15) is 0 Å². The Bertz CT molecular complexity index is 334. The molecule has 1 heterocycles. The van der Waals surface area contributed by atoms with Crippen LogP contribution in [-0.4, -0.2) is 33.7 Å². The summed E-state index contributed by atoms with van der Waals surface area (Å²) in [6, 6.07) is -1.06. The Balaban J connectivity index is 2.54. The maximum Gasteiger partial charge on any atom is 0.324 e. The zero-order valence-corrected chi connectivity index (χ0v) is 8.64. The number of halogens is 1. The van der Waals surface area contributed by atoms with Gasteiger partial charge >= 0.3 is 5.97 Å². The maximum atomic E-state index is 10.4. The van der Waals surface area contributed by atoms with Crippen molar-refractivity contribution in [3.05, 3.63) is 17.0 Å². The fourth-order valence-electron chi connectivity index (χ4n) is 0.648. The standard InChI is InChI=1S/C7H8BrN3O3/c8-4-1-10-3-11-6(4)14-2-5(9)7(12)13/h1,3,5H,2,9H2,(H,12,13). The van der Waals surface area contributed by atoms with Crippen molar-refractivity contribution in [1.29, 1.82) is 0 Å². The number of aromatic nitrogens is 2. The van der Waals surface area contributed by atoms with E-state index in [-0.39, 0.29) is 12.5 Å². The van der Waals surface area contributed by atoms with Gasteiger partial charge in [-0.3, -0.25) is 4.79 Å². The smallest absolute Gasteiger partial charge is 0.324 e. The summed E-state index contributed by atoms with van der Waals surface area (Å²) in [5.74, 6) is -0.841. The molecule has 7 heteroatoms. The fraction of sp³-hybridized carbons (Fsp3) is 0.286. The van der Waals surface area contributed by atoms with Crippen LogP contribution in [0, 0.1) is 0 Å². The van der Waals surface area contributed by atoms with Crippen molar-refractivity contribution in [2.75, 3.05) is 6.61 Å². The zero-order valence-electron chi connectivity index (χ0n) is 7.05. The first-order chi connectivity index (χ1) is 6.61. The average molecular weight is 262 g/mol. The van der Waals surface area contributed by atoms with Crippen molar-refractivity contribution >= 4 is 21.9 Å². The monoisotopic (exact) mass is 261 g/mol. The lowest BCUT2D eigenvalue weighted by Gasteiger charge is -2.08. The van der Waals surface area contributed by atoms with Gasteiger partial charge in [0.25, 0.3) is 0 Å². The Labute approximate surface area is 88.2 Å². The van der Waals surface area contributed by atoms with Crippen LogP contribution in [0.3, 0.4) is 0 Å². The van der Waals surface area contributed by atoms with Crippen molar-refractivity contribution in [2.45, 2.75) is 6.04 Å². The van der Waals surface area contributed by atoms with Gasteiger partial charge in [-0.05, 0) is 15.9 Å². The number of carboxylic acids is 1. The van der Waals surface area contributed by atoms with Crippen LogP contribution in [0.1, 0.15) is 0 Å². The van der Waals surface area contributed by atoms with Crippen LogP contribution < -0.4 is 10.5 Å². The molecule has 1 unspecified atom stereocenters. The highest BCUT2D eigenvalue weighted by Gasteiger charge is 2.13. The lowest BCUT2D eigenvalue weighted by molar-refractivity contribution is -0.139. The van der Waals surface area contributed by atoms with E-state index in [4.69, 9.17) is 15.6 Å². The molecule has 0 aromatic carbocycles. The fourth-order valence-corrected chi connectivity index (χ4v) is 0.983. The molecule has 0 radical (unpaired) electrons. The van der Waals surface area contributed by atoms with Gasteiger partial charge in [0.1, 0.15) is 19.0 Å². The average Bonchev–Trinajstić information content (AvgIpc) is 2.16. The van der Waals surface area contributed by atoms with Gasteiger partial charge in [0.2, 0.25) is 5.88 Å². The zero-order chi connectivity index (χ0) is 10.6. The van der Waals surface area contributed by atoms with E-state index in [1.54, 1.807) is 0 Å². The minimum absolute atomic E-state index is 0.134. The molecule has 0 saturated heterocycles. The highest BCUT2D eigenvalue weighted by Crippen LogP contribution is 2.19. The minimum atomic E-state index is -1.12. The largest absolute Gasteiger partial charge is 0.480 e. The molecule has 1 rings (SSSR count). The van der Waals surface area contributed by atoms with Gasteiger partial charge in [-0.1, -0.05) is 0 Å². The molecular formula is C7H8BrN3O3. The SMILES string of the molecule is NC(COc1ncncc1Br)C(=O)O. The van der Waals surface area contributed by atoms with Crippen LogP contribution >= 0.6 is 15.9 Å². The molecule has 1 atom stereocenters. The van der Waals surface area contributed by atoms with Crippen LogP contribution in [0.15, 0.2) is 17.0 Å². The summed E-state index contributed by atoms with van der Waals surface area (Å²) in [7, 11) is 0. The van der Waals surface area contributed by atoms with Gasteiger partial charge in [0.15, 0.2) is 0 Å². The van der Waals surface area contributed by atoms with E-state index in [1.165, 1.54) is 12.5 Å². The molecule has 0 aliphatic carbocycles. The quantitative estimate of drug-likeness (QED) is 0.794. The van der Waals surface area contributed by atoms with E-state index in [0.29, 0.717) is 4.47 Å². The topological polar surface area (TPSA) is 98.3 Å². The van der Waals surface area contributed by atoms with Crippen molar-refractivity contribution in [3.63, 3.8) is 0 Å². The highest BCUT2D eigenvalue weighted by molar-refractivity contribution is 9.10. The number of aliphatic carboxylic acids is 1. The molecule has 14 heavy (non-hydrogen) atoms. The first-order valence-electron chi connectivity index (χ1n) is 3.68. The van der Waals surface area contributed by atoms with Crippen LogP contribution in [0.25, 0.3) is 0 Å². The number of nitrogens with zero attached hydrogens (tertiary/aromatic N) is 2. The lowest BCUT2D eigenvalue weighted by Crippen LogP contribution is -2.36. The molecular weight excluding hydrogens is 254 g/mol. The number of nitrogens with two attached hydrogens (primary N) is 1. The molecule has 0 bridgehead atoms. The second-order valence-corrected chi connectivity index (χ2v) is 3.29. The summed E-state index contributed by atoms with van der Waals surface area (Å²) in [5, 5.41) is 8.48. The number of rotatable bonds is 4. The van der Waals surface area contributed by atoms with Gasteiger partial charge in [-0.15, -0.1) is 0 Å². The molecule has 0 spiro atoms. The van der Waals surface area contributed by atoms with Crippen LogP contribution in [-0.2, 0) is 4.79 Å². The van der Waals surface area contributed by atoms with Crippen molar-refractivity contribution < 1.29 is 14.6 Å². The molecule has 1 aromatic rings. The summed E-state index contributed by atoms with van der Waals surface area (Å²) >= 11 is 3.15. The third-order valence-corrected chi connectivity index (χ3v) is 1.89. The van der Waals surface area contributed by atoms with E-state index >= 15 is 0 Å². The van der Waals surface area contributed by atoms with E-state index in [2.05, 4.69) is 25.9 Å². The summed E-state index contributed by atoms with van der Waals surface area (Å²) in [6.07, 6.45) is 2.79. The van der Waals surface area contributed by atoms with Crippen LogP contribution in [0.2, 0.25) is 0 Å². The van der Waals surface area contributed by atoms with Gasteiger partial charge in [0.05, 0.1) is 4.47 Å². The molecule has 0 saturated carbocycles. The predicted octanol–water partition coefficient (Wildman–Crippen LogP) is 0.0298.